The highest BCUT2D eigenvalue weighted by Crippen LogP contribution is 2.17. The Hall–Kier alpha value is -0.810. The minimum atomic E-state index is 0.0563. The maximum absolute atomic E-state index is 12.2. The van der Waals surface area contributed by atoms with Crippen molar-refractivity contribution in [2.45, 2.75) is 19.4 Å². The van der Waals surface area contributed by atoms with Gasteiger partial charge < -0.3 is 14.6 Å². The number of hydrogen-bond donors (Lipinski definition) is 1. The zero-order valence-corrected chi connectivity index (χ0v) is 10.8. The molecule has 1 aliphatic rings. The molecule has 4 nitrogen and oxygen atoms in total. The van der Waals surface area contributed by atoms with Gasteiger partial charge in [-0.25, -0.2) is 0 Å². The molecule has 0 spiro atoms. The lowest BCUT2D eigenvalue weighted by Gasteiger charge is -2.34. The Morgan fingerprint density at radius 2 is 2.56 bits per heavy atom. The Morgan fingerprint density at radius 1 is 1.75 bits per heavy atom. The number of nitrogens with one attached hydrogen (secondary N) is 1. The molecule has 0 aliphatic carbocycles. The van der Waals surface area contributed by atoms with Gasteiger partial charge in [0.1, 0.15) is 5.69 Å². The van der Waals surface area contributed by atoms with Crippen LogP contribution >= 0.6 is 15.9 Å². The fourth-order valence-corrected chi connectivity index (χ4v) is 2.25. The summed E-state index contributed by atoms with van der Waals surface area (Å²) in [6.45, 7) is 4.02. The summed E-state index contributed by atoms with van der Waals surface area (Å²) in [6.07, 6.45) is 2.70. The van der Waals surface area contributed by atoms with E-state index in [2.05, 4.69) is 27.8 Å². The van der Waals surface area contributed by atoms with Crippen LogP contribution in [0.5, 0.6) is 0 Å². The average Bonchev–Trinajstić information content (AvgIpc) is 2.75. The molecular weight excluding hydrogens is 272 g/mol. The van der Waals surface area contributed by atoms with E-state index in [1.54, 1.807) is 6.20 Å². The zero-order chi connectivity index (χ0) is 11.5. The Balaban J connectivity index is 2.13. The molecule has 0 bridgehead atoms. The monoisotopic (exact) mass is 286 g/mol. The first-order valence-electron chi connectivity index (χ1n) is 5.45. The van der Waals surface area contributed by atoms with E-state index in [-0.39, 0.29) is 11.9 Å². The normalized spacial score (nSPS) is 21.1. The highest BCUT2D eigenvalue weighted by molar-refractivity contribution is 9.10. The third kappa shape index (κ3) is 2.30. The molecule has 1 fully saturated rings. The second-order valence-corrected chi connectivity index (χ2v) is 4.78. The molecule has 1 unspecified atom stereocenters. The Kier molecular flexibility index (Phi) is 3.66. The Morgan fingerprint density at radius 3 is 3.19 bits per heavy atom. The van der Waals surface area contributed by atoms with Gasteiger partial charge in [0.2, 0.25) is 0 Å². The van der Waals surface area contributed by atoms with Gasteiger partial charge in [0, 0.05) is 17.2 Å². The highest BCUT2D eigenvalue weighted by atomic mass is 79.9. The smallest absolute Gasteiger partial charge is 0.270 e. The van der Waals surface area contributed by atoms with E-state index in [4.69, 9.17) is 4.74 Å². The van der Waals surface area contributed by atoms with Gasteiger partial charge in [0.25, 0.3) is 5.91 Å². The van der Waals surface area contributed by atoms with Gasteiger partial charge in [0.15, 0.2) is 0 Å². The van der Waals surface area contributed by atoms with Crippen molar-refractivity contribution < 1.29 is 9.53 Å². The second kappa shape index (κ2) is 5.01. The van der Waals surface area contributed by atoms with E-state index in [1.165, 1.54) is 0 Å². The lowest BCUT2D eigenvalue weighted by molar-refractivity contribution is -0.00307. The molecule has 88 valence electrons. The minimum absolute atomic E-state index is 0.0563. The van der Waals surface area contributed by atoms with Gasteiger partial charge in [-0.15, -0.1) is 0 Å². The molecule has 1 saturated heterocycles. The van der Waals surface area contributed by atoms with E-state index < -0.39 is 0 Å². The molecule has 1 atom stereocenters. The van der Waals surface area contributed by atoms with Crippen LogP contribution in [0.2, 0.25) is 0 Å². The molecule has 0 saturated carbocycles. The summed E-state index contributed by atoms with van der Waals surface area (Å²) < 4.78 is 6.28. The molecule has 0 aromatic carbocycles. The lowest BCUT2D eigenvalue weighted by atomic mass is 10.1. The van der Waals surface area contributed by atoms with Gasteiger partial charge in [-0.05, 0) is 28.4 Å². The molecular formula is C11H15BrN2O2. The first-order chi connectivity index (χ1) is 7.72. The summed E-state index contributed by atoms with van der Waals surface area (Å²) in [6, 6.07) is 2.01. The van der Waals surface area contributed by atoms with Crippen molar-refractivity contribution in [3.63, 3.8) is 0 Å². The molecule has 5 heteroatoms. The highest BCUT2D eigenvalue weighted by Gasteiger charge is 2.27. The fraction of sp³-hybridized carbons (Fsp3) is 0.545. The molecule has 1 aromatic rings. The number of hydrogen-bond acceptors (Lipinski definition) is 2. The van der Waals surface area contributed by atoms with Gasteiger partial charge in [-0.3, -0.25) is 4.79 Å². The number of carbonyl (C=O) groups is 1. The third-order valence-electron chi connectivity index (χ3n) is 2.84. The van der Waals surface area contributed by atoms with Crippen LogP contribution in [0.25, 0.3) is 0 Å². The minimum Gasteiger partial charge on any atom is -0.377 e. The topological polar surface area (TPSA) is 45.3 Å². The molecule has 2 rings (SSSR count). The number of carbonyl (C=O) groups excluding carboxylic acids is 1. The third-order valence-corrected chi connectivity index (χ3v) is 3.30. The van der Waals surface area contributed by atoms with E-state index in [0.717, 1.165) is 10.9 Å². The van der Waals surface area contributed by atoms with Crippen molar-refractivity contribution in [3.8, 4) is 0 Å². The quantitative estimate of drug-likeness (QED) is 0.904. The second-order valence-electron chi connectivity index (χ2n) is 3.87. The number of aromatic nitrogens is 1. The summed E-state index contributed by atoms with van der Waals surface area (Å²) in [5.74, 6) is 0.0563. The summed E-state index contributed by atoms with van der Waals surface area (Å²) in [5.41, 5.74) is 0.632. The van der Waals surface area contributed by atoms with Crippen LogP contribution in [0.1, 0.15) is 23.8 Å². The standard InChI is InChI=1S/C11H15BrN2O2/c1-2-9-7-16-4-3-14(9)11(15)10-5-8(12)6-13-10/h5-6,9,13H,2-4,7H2,1H3. The van der Waals surface area contributed by atoms with Crippen molar-refractivity contribution in [2.24, 2.45) is 0 Å². The molecule has 1 aliphatic heterocycles. The van der Waals surface area contributed by atoms with Crippen molar-refractivity contribution in [2.75, 3.05) is 19.8 Å². The molecule has 16 heavy (non-hydrogen) atoms. The number of rotatable bonds is 2. The molecule has 1 amide bonds. The Labute approximate surface area is 103 Å². The number of nitrogens with zero attached hydrogens (tertiary/aromatic N) is 1. The summed E-state index contributed by atoms with van der Waals surface area (Å²) in [4.78, 5) is 17.1. The van der Waals surface area contributed by atoms with Crippen LogP contribution in [-0.4, -0.2) is 41.6 Å². The molecule has 0 radical (unpaired) electrons. The van der Waals surface area contributed by atoms with Crippen molar-refractivity contribution in [1.29, 1.82) is 0 Å². The first-order valence-corrected chi connectivity index (χ1v) is 6.24. The predicted molar refractivity (Wildman–Crippen MR) is 64.4 cm³/mol. The van der Waals surface area contributed by atoms with Crippen LogP contribution in [0.3, 0.4) is 0 Å². The van der Waals surface area contributed by atoms with E-state index in [0.29, 0.717) is 25.5 Å². The molecule has 2 heterocycles. The predicted octanol–water partition coefficient (Wildman–Crippen LogP) is 2.03. The number of ether oxygens (including phenoxy) is 1. The first kappa shape index (κ1) is 11.7. The van der Waals surface area contributed by atoms with Crippen LogP contribution in [0, 0.1) is 0 Å². The average molecular weight is 287 g/mol. The summed E-state index contributed by atoms with van der Waals surface area (Å²) in [7, 11) is 0. The van der Waals surface area contributed by atoms with Gasteiger partial charge in [0.05, 0.1) is 19.3 Å². The largest absolute Gasteiger partial charge is 0.377 e. The van der Waals surface area contributed by atoms with Crippen LogP contribution in [-0.2, 0) is 4.74 Å². The van der Waals surface area contributed by atoms with Crippen LogP contribution in [0.4, 0.5) is 0 Å². The summed E-state index contributed by atoms with van der Waals surface area (Å²) in [5, 5.41) is 0. The van der Waals surface area contributed by atoms with Crippen molar-refractivity contribution in [1.82, 2.24) is 9.88 Å². The fourth-order valence-electron chi connectivity index (χ4n) is 1.91. The number of halogens is 1. The van der Waals surface area contributed by atoms with E-state index >= 15 is 0 Å². The van der Waals surface area contributed by atoms with Gasteiger partial charge >= 0.3 is 0 Å². The maximum Gasteiger partial charge on any atom is 0.270 e. The van der Waals surface area contributed by atoms with E-state index in [1.807, 2.05) is 11.0 Å². The number of H-pyrrole nitrogens is 1. The van der Waals surface area contributed by atoms with Crippen LogP contribution in [0.15, 0.2) is 16.7 Å². The number of aromatic amines is 1. The number of morpholine rings is 1. The zero-order valence-electron chi connectivity index (χ0n) is 9.20. The molecule has 1 N–H and O–H groups in total. The summed E-state index contributed by atoms with van der Waals surface area (Å²) >= 11 is 3.33. The van der Waals surface area contributed by atoms with E-state index in [9.17, 15) is 4.79 Å². The van der Waals surface area contributed by atoms with Gasteiger partial charge in [-0.2, -0.15) is 0 Å². The van der Waals surface area contributed by atoms with Gasteiger partial charge in [-0.1, -0.05) is 6.92 Å². The van der Waals surface area contributed by atoms with Crippen LogP contribution < -0.4 is 0 Å². The van der Waals surface area contributed by atoms with Crippen molar-refractivity contribution >= 4 is 21.8 Å². The molecule has 1 aromatic heterocycles. The maximum atomic E-state index is 12.2. The lowest BCUT2D eigenvalue weighted by Crippen LogP contribution is -2.48. The number of amides is 1. The van der Waals surface area contributed by atoms with Crippen molar-refractivity contribution in [3.05, 3.63) is 22.4 Å². The SMILES string of the molecule is CCC1COCCN1C(=O)c1cc(Br)c[nH]1. The Bertz CT molecular complexity index is 378.